The minimum atomic E-state index is -1.19. The van der Waals surface area contributed by atoms with Gasteiger partial charge in [0, 0.05) is 34.4 Å². The number of aliphatic hydroxyl groups is 1. The summed E-state index contributed by atoms with van der Waals surface area (Å²) in [4.78, 5) is 15.4. The number of aromatic nitrogens is 1. The summed E-state index contributed by atoms with van der Waals surface area (Å²) in [5, 5.41) is 31.0. The number of hydrogen-bond acceptors (Lipinski definition) is 9. The quantitative estimate of drug-likeness (QED) is 0.176. The highest BCUT2D eigenvalue weighted by Crippen LogP contribution is 2.39. The first-order chi connectivity index (χ1) is 21.4. The molecule has 1 aromatic heterocycles. The molecule has 0 bridgehead atoms. The van der Waals surface area contributed by atoms with Gasteiger partial charge in [0.2, 0.25) is 0 Å². The standard InChI is InChI=1S/C32H27BrClN3O7/c33-31-21(2-1-3-24(31)20-4-5-27-30(12-20)42-9-8-41-27)18-44-29-13-28(43-17-19-6-7-36-23(10-19)14-35)22(11-25(29)34)15-37-26(16-38)32(39)40/h1-7,10-13,26,37-38H,8-9,15-18H2,(H,39,40). The summed E-state index contributed by atoms with van der Waals surface area (Å²) in [6, 6.07) is 19.1. The lowest BCUT2D eigenvalue weighted by atomic mass is 10.0. The molecule has 1 aliphatic rings. The van der Waals surface area contributed by atoms with Crippen LogP contribution in [0.3, 0.4) is 0 Å². The highest BCUT2D eigenvalue weighted by Gasteiger charge is 2.19. The molecule has 2 heterocycles. The number of carboxylic acids is 1. The van der Waals surface area contributed by atoms with Gasteiger partial charge in [0.05, 0.1) is 11.6 Å². The second-order valence-corrected chi connectivity index (χ2v) is 10.9. The number of carbonyl (C=O) groups is 1. The number of nitrogens with one attached hydrogen (secondary N) is 1. The number of pyridine rings is 1. The molecule has 226 valence electrons. The predicted octanol–water partition coefficient (Wildman–Crippen LogP) is 5.50. The Bertz CT molecular complexity index is 1710. The third-order valence-electron chi connectivity index (χ3n) is 6.78. The molecule has 0 saturated carbocycles. The first-order valence-electron chi connectivity index (χ1n) is 13.5. The topological polar surface area (TPSA) is 143 Å². The minimum Gasteiger partial charge on any atom is -0.488 e. The van der Waals surface area contributed by atoms with Crippen LogP contribution in [0.5, 0.6) is 23.0 Å². The van der Waals surface area contributed by atoms with E-state index in [1.807, 2.05) is 42.5 Å². The summed E-state index contributed by atoms with van der Waals surface area (Å²) in [5.74, 6) is 0.961. The number of aliphatic hydroxyl groups excluding tert-OH is 1. The number of hydrogen-bond donors (Lipinski definition) is 3. The van der Waals surface area contributed by atoms with E-state index < -0.39 is 18.6 Å². The summed E-state index contributed by atoms with van der Waals surface area (Å²) >= 11 is 10.3. The average Bonchev–Trinajstić information content (AvgIpc) is 3.04. The Morgan fingerprint density at radius 2 is 1.84 bits per heavy atom. The summed E-state index contributed by atoms with van der Waals surface area (Å²) in [5.41, 5.74) is 4.29. The van der Waals surface area contributed by atoms with Gasteiger partial charge in [-0.2, -0.15) is 5.26 Å². The van der Waals surface area contributed by atoms with E-state index in [1.54, 1.807) is 24.3 Å². The van der Waals surface area contributed by atoms with Gasteiger partial charge in [0.15, 0.2) is 11.5 Å². The van der Waals surface area contributed by atoms with Crippen LogP contribution in [-0.2, 0) is 24.6 Å². The number of halogens is 2. The maximum atomic E-state index is 11.4. The number of aliphatic carboxylic acids is 1. The second-order valence-electron chi connectivity index (χ2n) is 9.72. The van der Waals surface area contributed by atoms with Crippen LogP contribution in [0, 0.1) is 11.3 Å². The second kappa shape index (κ2) is 14.4. The van der Waals surface area contributed by atoms with Crippen LogP contribution in [0.2, 0.25) is 5.02 Å². The molecule has 0 aliphatic carbocycles. The van der Waals surface area contributed by atoms with Gasteiger partial charge in [-0.15, -0.1) is 0 Å². The van der Waals surface area contributed by atoms with E-state index in [4.69, 9.17) is 30.5 Å². The third-order valence-corrected chi connectivity index (χ3v) is 8.01. The summed E-state index contributed by atoms with van der Waals surface area (Å²) in [6.45, 7) is 0.767. The number of rotatable bonds is 12. The van der Waals surface area contributed by atoms with Crippen LogP contribution >= 0.6 is 27.5 Å². The Labute approximate surface area is 266 Å². The van der Waals surface area contributed by atoms with E-state index in [-0.39, 0.29) is 25.5 Å². The molecule has 10 nitrogen and oxygen atoms in total. The van der Waals surface area contributed by atoms with Gasteiger partial charge in [-0.3, -0.25) is 10.1 Å². The fraction of sp³-hybridized carbons (Fsp3) is 0.219. The van der Waals surface area contributed by atoms with Gasteiger partial charge in [-0.05, 0) is 63.0 Å². The van der Waals surface area contributed by atoms with Crippen LogP contribution in [0.15, 0.2) is 71.3 Å². The SMILES string of the molecule is N#Cc1cc(COc2cc(OCc3cccc(-c4ccc5c(c4)OCCO5)c3Br)c(Cl)cc2CNC(CO)C(=O)O)ccn1. The molecule has 0 spiro atoms. The van der Waals surface area contributed by atoms with E-state index >= 15 is 0 Å². The molecule has 44 heavy (non-hydrogen) atoms. The van der Waals surface area contributed by atoms with Crippen molar-refractivity contribution in [1.82, 2.24) is 10.3 Å². The molecule has 0 radical (unpaired) electrons. The number of nitriles is 1. The molecule has 3 N–H and O–H groups in total. The van der Waals surface area contributed by atoms with E-state index in [9.17, 15) is 20.3 Å². The molecule has 3 aromatic carbocycles. The van der Waals surface area contributed by atoms with Crippen LogP contribution in [0.1, 0.15) is 22.4 Å². The molecule has 5 rings (SSSR count). The average molecular weight is 681 g/mol. The highest BCUT2D eigenvalue weighted by atomic mass is 79.9. The largest absolute Gasteiger partial charge is 0.488 e. The maximum absolute atomic E-state index is 11.4. The summed E-state index contributed by atoms with van der Waals surface area (Å²) < 4.78 is 24.5. The molecular formula is C32H27BrClN3O7. The maximum Gasteiger partial charge on any atom is 0.323 e. The van der Waals surface area contributed by atoms with Crippen molar-refractivity contribution in [1.29, 1.82) is 5.26 Å². The summed E-state index contributed by atoms with van der Waals surface area (Å²) in [7, 11) is 0. The molecule has 1 unspecified atom stereocenters. The first kappa shape index (κ1) is 31.1. The minimum absolute atomic E-state index is 0.0514. The summed E-state index contributed by atoms with van der Waals surface area (Å²) in [6.07, 6.45) is 1.52. The normalized spacial score (nSPS) is 12.7. The first-order valence-corrected chi connectivity index (χ1v) is 14.7. The fourth-order valence-electron chi connectivity index (χ4n) is 4.49. The molecule has 0 fully saturated rings. The molecule has 1 aliphatic heterocycles. The van der Waals surface area contributed by atoms with E-state index in [0.29, 0.717) is 52.4 Å². The molecule has 12 heteroatoms. The monoisotopic (exact) mass is 679 g/mol. The van der Waals surface area contributed by atoms with Gasteiger partial charge >= 0.3 is 5.97 Å². The molecule has 0 amide bonds. The van der Waals surface area contributed by atoms with E-state index in [1.165, 1.54) is 6.20 Å². The molecular weight excluding hydrogens is 654 g/mol. The zero-order valence-corrected chi connectivity index (χ0v) is 25.6. The Kier molecular flexibility index (Phi) is 10.2. The van der Waals surface area contributed by atoms with Gasteiger partial charge in [0.1, 0.15) is 55.7 Å². The Hall–Kier alpha value is -4.34. The lowest BCUT2D eigenvalue weighted by Gasteiger charge is -2.20. The van der Waals surface area contributed by atoms with Crippen LogP contribution in [-0.4, -0.2) is 47.0 Å². The van der Waals surface area contributed by atoms with Crippen LogP contribution < -0.4 is 24.3 Å². The van der Waals surface area contributed by atoms with Gasteiger partial charge < -0.3 is 29.2 Å². The van der Waals surface area contributed by atoms with Crippen molar-refractivity contribution in [2.45, 2.75) is 25.8 Å². The van der Waals surface area contributed by atoms with Crippen molar-refractivity contribution in [2.24, 2.45) is 0 Å². The highest BCUT2D eigenvalue weighted by molar-refractivity contribution is 9.10. The molecule has 0 saturated heterocycles. The van der Waals surface area contributed by atoms with Crippen molar-refractivity contribution in [3.8, 4) is 40.2 Å². The van der Waals surface area contributed by atoms with Gasteiger partial charge in [0.25, 0.3) is 0 Å². The molecule has 1 atom stereocenters. The number of ether oxygens (including phenoxy) is 4. The van der Waals surface area contributed by atoms with Crippen LogP contribution in [0.4, 0.5) is 0 Å². The number of fused-ring (bicyclic) bond motifs is 1. The predicted molar refractivity (Wildman–Crippen MR) is 165 cm³/mol. The number of carboxylic acid groups (broad SMARTS) is 1. The smallest absolute Gasteiger partial charge is 0.323 e. The molecule has 4 aromatic rings. The fourth-order valence-corrected chi connectivity index (χ4v) is 5.34. The lowest BCUT2D eigenvalue weighted by molar-refractivity contribution is -0.140. The Morgan fingerprint density at radius 1 is 1.05 bits per heavy atom. The number of benzene rings is 3. The van der Waals surface area contributed by atoms with E-state index in [2.05, 4.69) is 26.2 Å². The van der Waals surface area contributed by atoms with Gasteiger partial charge in [-0.25, -0.2) is 4.98 Å². The van der Waals surface area contributed by atoms with Crippen molar-refractivity contribution >= 4 is 33.5 Å². The van der Waals surface area contributed by atoms with E-state index in [0.717, 1.165) is 21.2 Å². The third kappa shape index (κ3) is 7.41. The van der Waals surface area contributed by atoms with Crippen LogP contribution in [0.25, 0.3) is 11.1 Å². The zero-order chi connectivity index (χ0) is 31.1. The zero-order valence-electron chi connectivity index (χ0n) is 23.3. The Balaban J connectivity index is 1.37. The van der Waals surface area contributed by atoms with Crippen molar-refractivity contribution in [3.63, 3.8) is 0 Å². The lowest BCUT2D eigenvalue weighted by Crippen LogP contribution is -2.39. The number of nitrogens with zero attached hydrogens (tertiary/aromatic N) is 2. The van der Waals surface area contributed by atoms with Crippen molar-refractivity contribution in [3.05, 3.63) is 98.7 Å². The Morgan fingerprint density at radius 3 is 2.61 bits per heavy atom. The van der Waals surface area contributed by atoms with Gasteiger partial charge in [-0.1, -0.05) is 35.9 Å². The van der Waals surface area contributed by atoms with Crippen molar-refractivity contribution in [2.75, 3.05) is 19.8 Å². The van der Waals surface area contributed by atoms with Crippen molar-refractivity contribution < 1.29 is 34.0 Å².